The highest BCUT2D eigenvalue weighted by molar-refractivity contribution is 5.47. The Kier molecular flexibility index (Phi) is 19.4. The summed E-state index contributed by atoms with van der Waals surface area (Å²) in [5.74, 6) is 4.73. The SMILES string of the molecule is CC(C)C(O)(Cc1ccccc1)C1CN2CCC1CC2.CN(C)c1ccc(C(O)(Cc2ccccc2)C2CN3CCC2CC3)cc1.Cc1ccccc1C(O)C1CN2CCC1CC2.Cc1ccccc1C(O)C1CN2CCC1CC2.[HH].[HH].[HH]. The van der Waals surface area contributed by atoms with E-state index in [2.05, 4.69) is 163 Å². The lowest BCUT2D eigenvalue weighted by Crippen LogP contribution is -2.59. The Labute approximate surface area is 486 Å². The molecule has 0 spiro atoms. The Morgan fingerprint density at radius 3 is 1.18 bits per heavy atom. The molecule has 9 nitrogen and oxygen atoms in total. The molecule has 438 valence electrons. The molecular weight excluding hydrogens is 987 g/mol. The first kappa shape index (κ1) is 58.8. The van der Waals surface area contributed by atoms with E-state index in [0.717, 1.165) is 67.0 Å². The van der Waals surface area contributed by atoms with Crippen LogP contribution in [-0.4, -0.2) is 138 Å². The minimum absolute atomic E-state index is 0. The Hall–Kier alpha value is -4.42. The second kappa shape index (κ2) is 26.4. The van der Waals surface area contributed by atoms with Gasteiger partial charge in [-0.1, -0.05) is 135 Å². The molecule has 17 rings (SSSR count). The minimum atomic E-state index is -0.810. The monoisotopic (exact) mass is 1090 g/mol. The van der Waals surface area contributed by atoms with Crippen LogP contribution in [0.1, 0.15) is 121 Å². The summed E-state index contributed by atoms with van der Waals surface area (Å²) in [5, 5.41) is 44.8. The first-order valence-electron chi connectivity index (χ1n) is 31.3. The fourth-order valence-corrected chi connectivity index (χ4v) is 16.2. The van der Waals surface area contributed by atoms with Gasteiger partial charge in [-0.2, -0.15) is 0 Å². The van der Waals surface area contributed by atoms with E-state index in [0.29, 0.717) is 41.9 Å². The van der Waals surface area contributed by atoms with Crippen LogP contribution in [0.3, 0.4) is 0 Å². The minimum Gasteiger partial charge on any atom is -0.389 e. The molecule has 4 N–H and O–H groups in total. The maximum absolute atomic E-state index is 12.1. The maximum atomic E-state index is 12.1. The number of piperidine rings is 12. The van der Waals surface area contributed by atoms with Crippen molar-refractivity contribution in [1.82, 2.24) is 19.6 Å². The number of hydrogen-bond donors (Lipinski definition) is 4. The zero-order valence-corrected chi connectivity index (χ0v) is 49.6. The molecular formula is C71H105N5O4. The van der Waals surface area contributed by atoms with Crippen LogP contribution in [0.5, 0.6) is 0 Å². The van der Waals surface area contributed by atoms with Crippen molar-refractivity contribution in [3.63, 3.8) is 0 Å². The van der Waals surface area contributed by atoms with Crippen molar-refractivity contribution >= 4 is 5.69 Å². The molecule has 8 atom stereocenters. The normalized spacial score (nSPS) is 31.2. The topological polar surface area (TPSA) is 97.1 Å². The van der Waals surface area contributed by atoms with E-state index in [-0.39, 0.29) is 16.5 Å². The van der Waals surface area contributed by atoms with Gasteiger partial charge in [-0.25, -0.2) is 0 Å². The van der Waals surface area contributed by atoms with E-state index in [9.17, 15) is 20.4 Å². The van der Waals surface area contributed by atoms with Crippen LogP contribution < -0.4 is 4.90 Å². The summed E-state index contributed by atoms with van der Waals surface area (Å²) >= 11 is 0. The molecule has 12 fully saturated rings. The van der Waals surface area contributed by atoms with E-state index in [4.69, 9.17) is 0 Å². The largest absolute Gasteiger partial charge is 0.389 e. The Morgan fingerprint density at radius 1 is 0.463 bits per heavy atom. The summed E-state index contributed by atoms with van der Waals surface area (Å²) in [6.07, 6.45) is 11.0. The third-order valence-electron chi connectivity index (χ3n) is 21.3. The lowest BCUT2D eigenvalue weighted by atomic mass is 9.64. The molecule has 8 bridgehead atoms. The van der Waals surface area contributed by atoms with Gasteiger partial charge in [-0.15, -0.1) is 0 Å². The van der Waals surface area contributed by atoms with Crippen molar-refractivity contribution in [3.8, 4) is 0 Å². The molecule has 0 saturated carbocycles. The highest BCUT2D eigenvalue weighted by atomic mass is 16.3. The second-order valence-corrected chi connectivity index (χ2v) is 26.5. The van der Waals surface area contributed by atoms with Gasteiger partial charge in [0.1, 0.15) is 0 Å². The number of fused-ring (bicyclic) bond motifs is 12. The Balaban J connectivity index is 0.000000160. The van der Waals surface area contributed by atoms with E-state index >= 15 is 0 Å². The van der Waals surface area contributed by atoms with Crippen LogP contribution in [0.2, 0.25) is 0 Å². The van der Waals surface area contributed by atoms with Gasteiger partial charge in [0.25, 0.3) is 0 Å². The summed E-state index contributed by atoms with van der Waals surface area (Å²) in [6.45, 7) is 22.6. The van der Waals surface area contributed by atoms with Gasteiger partial charge in [-0.05, 0) is 198 Å². The van der Waals surface area contributed by atoms with Crippen LogP contribution in [-0.2, 0) is 18.4 Å². The van der Waals surface area contributed by atoms with E-state index < -0.39 is 11.2 Å². The lowest BCUT2D eigenvalue weighted by molar-refractivity contribution is -0.121. The molecule has 0 aliphatic carbocycles. The van der Waals surface area contributed by atoms with Gasteiger partial charge in [0.05, 0.1) is 23.4 Å². The van der Waals surface area contributed by atoms with E-state index in [1.54, 1.807) is 0 Å². The summed E-state index contributed by atoms with van der Waals surface area (Å²) in [5.41, 5.74) is 8.03. The summed E-state index contributed by atoms with van der Waals surface area (Å²) in [6, 6.07) is 46.0. The van der Waals surface area contributed by atoms with Crippen molar-refractivity contribution in [1.29, 1.82) is 0 Å². The predicted molar refractivity (Wildman–Crippen MR) is 334 cm³/mol. The molecule has 0 radical (unpaired) electrons. The van der Waals surface area contributed by atoms with Crippen LogP contribution >= 0.6 is 0 Å². The van der Waals surface area contributed by atoms with E-state index in [1.165, 1.54) is 132 Å². The molecule has 8 unspecified atom stereocenters. The Bertz CT molecular complexity index is 2610. The quantitative estimate of drug-likeness (QED) is 0.0919. The van der Waals surface area contributed by atoms with Crippen LogP contribution in [0.25, 0.3) is 0 Å². The zero-order valence-electron chi connectivity index (χ0n) is 49.6. The van der Waals surface area contributed by atoms with Gasteiger partial charge < -0.3 is 44.9 Å². The van der Waals surface area contributed by atoms with Crippen molar-refractivity contribution in [2.24, 2.45) is 53.3 Å². The fourth-order valence-electron chi connectivity index (χ4n) is 16.2. The molecule has 12 heterocycles. The molecule has 12 saturated heterocycles. The van der Waals surface area contributed by atoms with Gasteiger partial charge in [0, 0.05) is 86.8 Å². The van der Waals surface area contributed by atoms with Gasteiger partial charge in [0.15, 0.2) is 0 Å². The summed E-state index contributed by atoms with van der Waals surface area (Å²) in [4.78, 5) is 12.2. The van der Waals surface area contributed by atoms with Crippen molar-refractivity contribution in [3.05, 3.63) is 172 Å². The van der Waals surface area contributed by atoms with Crippen LogP contribution in [0.15, 0.2) is 133 Å². The fraction of sp³-hybridized carbons (Fsp3) is 0.577. The number of nitrogens with zero attached hydrogens (tertiary/aromatic N) is 5. The van der Waals surface area contributed by atoms with Crippen molar-refractivity contribution < 1.29 is 24.7 Å². The molecule has 9 heteroatoms. The van der Waals surface area contributed by atoms with Crippen LogP contribution in [0.4, 0.5) is 5.69 Å². The molecule has 0 amide bonds. The third kappa shape index (κ3) is 13.5. The zero-order chi connectivity index (χ0) is 56.0. The Morgan fingerprint density at radius 2 is 0.825 bits per heavy atom. The molecule has 12 aliphatic heterocycles. The van der Waals surface area contributed by atoms with Gasteiger partial charge in [-0.3, -0.25) is 0 Å². The third-order valence-corrected chi connectivity index (χ3v) is 21.3. The summed E-state index contributed by atoms with van der Waals surface area (Å²) < 4.78 is 0. The van der Waals surface area contributed by atoms with Crippen molar-refractivity contribution in [2.75, 3.05) is 97.5 Å². The van der Waals surface area contributed by atoms with Crippen LogP contribution in [0, 0.1) is 67.1 Å². The first-order chi connectivity index (χ1) is 38.7. The predicted octanol–water partition coefficient (Wildman–Crippen LogP) is 12.0. The molecule has 80 heavy (non-hydrogen) atoms. The molecule has 5 aromatic rings. The lowest BCUT2D eigenvalue weighted by Gasteiger charge is -2.52. The van der Waals surface area contributed by atoms with Crippen molar-refractivity contribution in [2.45, 2.75) is 115 Å². The average Bonchev–Trinajstić information content (AvgIpc) is 3.62. The van der Waals surface area contributed by atoms with E-state index in [1.807, 2.05) is 36.4 Å². The molecule has 12 aliphatic rings. The number of aliphatic hydroxyl groups excluding tert-OH is 2. The first-order valence-corrected chi connectivity index (χ1v) is 31.3. The number of rotatable bonds is 13. The number of hydrogen-bond acceptors (Lipinski definition) is 9. The van der Waals surface area contributed by atoms with Gasteiger partial charge in [0.2, 0.25) is 0 Å². The number of aryl methyl sites for hydroxylation is 2. The number of benzene rings is 5. The standard InChI is InChI=1S/C23H30N2O.C18H27NO.2C15H21NO.3H2/c1-24(2)21-10-8-20(9-11-21)23(26,16-18-6-4-3-5-7-18)22-17-25-14-12-19(22)13-15-25;1-14(2)18(20,12-15-6-4-3-5-7-15)17-13-19-10-8-16(17)9-11-19;2*1-11-4-2-3-5-13(11)15(17)14-10-16-8-6-12(14)7-9-16;;;/h3-11,19,22,26H,12-17H2,1-2H3;3-7,14,16-17,20H,8-13H2,1-2H3;2*2-5,12,14-15,17H,6-10H2,1H3;3*1H. The number of aliphatic hydroxyl groups is 4. The van der Waals surface area contributed by atoms with Gasteiger partial charge >= 0.3 is 0 Å². The second-order valence-electron chi connectivity index (χ2n) is 26.5. The molecule has 0 aromatic heterocycles. The summed E-state index contributed by atoms with van der Waals surface area (Å²) in [7, 11) is 4.11. The maximum Gasteiger partial charge on any atom is 0.0979 e. The number of anilines is 1. The highest BCUT2D eigenvalue weighted by Gasteiger charge is 2.49. The smallest absolute Gasteiger partial charge is 0.0979 e. The average molecular weight is 1090 g/mol. The molecule has 5 aromatic carbocycles. The highest BCUT2D eigenvalue weighted by Crippen LogP contribution is 2.47.